The molecule has 19 heavy (non-hydrogen) atoms. The summed E-state index contributed by atoms with van der Waals surface area (Å²) in [6, 6.07) is 6.14. The molecule has 0 atom stereocenters. The van der Waals surface area contributed by atoms with Gasteiger partial charge in [0.15, 0.2) is 5.82 Å². The number of halogens is 1. The standard InChI is InChI=1S/C12H13FN4OS/c1-17(6-7-2-4-8(13)5-3-7)12-9(11(15)18)10(14)16-19-12/h2-5H,6H2,1H3,(H2,14,16)(H2,15,18). The van der Waals surface area contributed by atoms with Crippen molar-refractivity contribution < 1.29 is 9.18 Å². The van der Waals surface area contributed by atoms with E-state index in [2.05, 4.69) is 4.37 Å². The third-order valence-electron chi connectivity index (χ3n) is 2.63. The summed E-state index contributed by atoms with van der Waals surface area (Å²) in [5.41, 5.74) is 12.0. The topological polar surface area (TPSA) is 85.2 Å². The first-order valence-electron chi connectivity index (χ1n) is 5.49. The molecule has 0 saturated heterocycles. The number of carbonyl (C=O) groups excluding carboxylic acids is 1. The Morgan fingerprint density at radius 2 is 2.05 bits per heavy atom. The van der Waals surface area contributed by atoms with Gasteiger partial charge in [-0.05, 0) is 29.2 Å². The molecule has 1 amide bonds. The summed E-state index contributed by atoms with van der Waals surface area (Å²) >= 11 is 1.11. The van der Waals surface area contributed by atoms with Crippen LogP contribution in [0.25, 0.3) is 0 Å². The van der Waals surface area contributed by atoms with E-state index < -0.39 is 5.91 Å². The lowest BCUT2D eigenvalue weighted by Gasteiger charge is -2.17. The minimum Gasteiger partial charge on any atom is -0.382 e. The van der Waals surface area contributed by atoms with Gasteiger partial charge in [-0.2, -0.15) is 4.37 Å². The summed E-state index contributed by atoms with van der Waals surface area (Å²) in [6.45, 7) is 0.502. The molecule has 0 radical (unpaired) electrons. The minimum atomic E-state index is -0.604. The third-order valence-corrected chi connectivity index (χ3v) is 3.60. The first kappa shape index (κ1) is 13.3. The lowest BCUT2D eigenvalue weighted by Crippen LogP contribution is -2.21. The Bertz CT molecular complexity index is 596. The Labute approximate surface area is 113 Å². The number of benzene rings is 1. The number of carbonyl (C=O) groups is 1. The van der Waals surface area contributed by atoms with E-state index in [0.29, 0.717) is 11.5 Å². The normalized spacial score (nSPS) is 10.4. The van der Waals surface area contributed by atoms with E-state index in [4.69, 9.17) is 11.5 Å². The van der Waals surface area contributed by atoms with Gasteiger partial charge in [-0.15, -0.1) is 0 Å². The average molecular weight is 280 g/mol. The van der Waals surface area contributed by atoms with Crippen LogP contribution in [0.3, 0.4) is 0 Å². The van der Waals surface area contributed by atoms with Crippen LogP contribution in [0.4, 0.5) is 15.2 Å². The van der Waals surface area contributed by atoms with Crippen LogP contribution in [0.5, 0.6) is 0 Å². The van der Waals surface area contributed by atoms with Gasteiger partial charge in [0.2, 0.25) is 0 Å². The van der Waals surface area contributed by atoms with E-state index in [0.717, 1.165) is 17.1 Å². The van der Waals surface area contributed by atoms with E-state index in [9.17, 15) is 9.18 Å². The maximum Gasteiger partial charge on any atom is 0.255 e. The molecule has 0 aliphatic rings. The number of hydrogen-bond donors (Lipinski definition) is 2. The van der Waals surface area contributed by atoms with E-state index in [1.807, 2.05) is 0 Å². The summed E-state index contributed by atoms with van der Waals surface area (Å²) in [5, 5.41) is 0.606. The summed E-state index contributed by atoms with van der Waals surface area (Å²) in [4.78, 5) is 13.1. The Morgan fingerprint density at radius 1 is 1.42 bits per heavy atom. The fourth-order valence-corrected chi connectivity index (χ4v) is 2.50. The zero-order valence-electron chi connectivity index (χ0n) is 10.3. The van der Waals surface area contributed by atoms with Crippen LogP contribution in [0.2, 0.25) is 0 Å². The van der Waals surface area contributed by atoms with E-state index >= 15 is 0 Å². The fraction of sp³-hybridized carbons (Fsp3) is 0.167. The molecular weight excluding hydrogens is 267 g/mol. The molecule has 0 aliphatic carbocycles. The molecule has 0 saturated carbocycles. The van der Waals surface area contributed by atoms with E-state index in [-0.39, 0.29) is 17.2 Å². The van der Waals surface area contributed by atoms with Crippen LogP contribution < -0.4 is 16.4 Å². The van der Waals surface area contributed by atoms with Crippen LogP contribution >= 0.6 is 11.5 Å². The van der Waals surface area contributed by atoms with Gasteiger partial charge in [0.1, 0.15) is 16.4 Å². The predicted octanol–water partition coefficient (Wildman–Crippen LogP) is 1.60. The van der Waals surface area contributed by atoms with Crippen molar-refractivity contribution in [3.8, 4) is 0 Å². The molecule has 1 aromatic heterocycles. The molecule has 4 N–H and O–H groups in total. The lowest BCUT2D eigenvalue weighted by atomic mass is 10.2. The van der Waals surface area contributed by atoms with Crippen LogP contribution in [-0.4, -0.2) is 17.3 Å². The number of nitrogens with zero attached hydrogens (tertiary/aromatic N) is 2. The van der Waals surface area contributed by atoms with Crippen molar-refractivity contribution in [2.45, 2.75) is 6.54 Å². The average Bonchev–Trinajstić information content (AvgIpc) is 2.74. The molecule has 0 unspecified atom stereocenters. The first-order valence-corrected chi connectivity index (χ1v) is 6.27. The highest BCUT2D eigenvalue weighted by Crippen LogP contribution is 2.30. The number of rotatable bonds is 4. The van der Waals surface area contributed by atoms with Gasteiger partial charge in [0.05, 0.1) is 0 Å². The maximum absolute atomic E-state index is 12.8. The molecular formula is C12H13FN4OS. The van der Waals surface area contributed by atoms with Crippen molar-refractivity contribution in [1.82, 2.24) is 4.37 Å². The summed E-state index contributed by atoms with van der Waals surface area (Å²) < 4.78 is 16.8. The largest absolute Gasteiger partial charge is 0.382 e. The van der Waals surface area contributed by atoms with Crippen molar-refractivity contribution in [2.75, 3.05) is 17.7 Å². The van der Waals surface area contributed by atoms with Gasteiger partial charge in [-0.3, -0.25) is 4.79 Å². The molecule has 7 heteroatoms. The van der Waals surface area contributed by atoms with Crippen molar-refractivity contribution >= 4 is 28.3 Å². The number of nitrogen functional groups attached to an aromatic ring is 1. The Balaban J connectivity index is 2.23. The number of anilines is 2. The molecule has 5 nitrogen and oxygen atoms in total. The number of amides is 1. The summed E-state index contributed by atoms with van der Waals surface area (Å²) in [7, 11) is 1.79. The zero-order chi connectivity index (χ0) is 14.0. The number of nitrogens with two attached hydrogens (primary N) is 2. The van der Waals surface area contributed by atoms with Gasteiger partial charge in [-0.1, -0.05) is 12.1 Å². The Hall–Kier alpha value is -2.15. The van der Waals surface area contributed by atoms with Crippen LogP contribution in [0, 0.1) is 5.82 Å². The van der Waals surface area contributed by atoms with Crippen molar-refractivity contribution in [3.63, 3.8) is 0 Å². The summed E-state index contributed by atoms with van der Waals surface area (Å²) in [6.07, 6.45) is 0. The van der Waals surface area contributed by atoms with Crippen molar-refractivity contribution in [1.29, 1.82) is 0 Å². The maximum atomic E-state index is 12.8. The molecule has 0 spiro atoms. The lowest BCUT2D eigenvalue weighted by molar-refractivity contribution is 0.100. The molecule has 0 aliphatic heterocycles. The quantitative estimate of drug-likeness (QED) is 0.890. The second-order valence-electron chi connectivity index (χ2n) is 4.09. The second-order valence-corrected chi connectivity index (χ2v) is 4.85. The van der Waals surface area contributed by atoms with Gasteiger partial charge >= 0.3 is 0 Å². The van der Waals surface area contributed by atoms with Crippen LogP contribution in [0.15, 0.2) is 24.3 Å². The van der Waals surface area contributed by atoms with Crippen LogP contribution in [-0.2, 0) is 6.54 Å². The third kappa shape index (κ3) is 2.82. The smallest absolute Gasteiger partial charge is 0.255 e. The molecule has 2 aromatic rings. The van der Waals surface area contributed by atoms with Crippen molar-refractivity contribution in [3.05, 3.63) is 41.2 Å². The molecule has 100 valence electrons. The number of hydrogen-bond acceptors (Lipinski definition) is 5. The minimum absolute atomic E-state index is 0.137. The predicted molar refractivity (Wildman–Crippen MR) is 73.6 cm³/mol. The Morgan fingerprint density at radius 3 is 2.63 bits per heavy atom. The highest BCUT2D eigenvalue weighted by molar-refractivity contribution is 7.11. The molecule has 1 aromatic carbocycles. The van der Waals surface area contributed by atoms with Gasteiger partial charge in [0.25, 0.3) is 5.91 Å². The number of aromatic nitrogens is 1. The first-order chi connectivity index (χ1) is 8.99. The zero-order valence-corrected chi connectivity index (χ0v) is 11.1. The van der Waals surface area contributed by atoms with Crippen molar-refractivity contribution in [2.24, 2.45) is 5.73 Å². The highest BCUT2D eigenvalue weighted by Gasteiger charge is 2.19. The molecule has 0 fully saturated rings. The molecule has 2 rings (SSSR count). The van der Waals surface area contributed by atoms with E-state index in [1.165, 1.54) is 12.1 Å². The Kier molecular flexibility index (Phi) is 3.66. The van der Waals surface area contributed by atoms with Gasteiger partial charge in [-0.25, -0.2) is 4.39 Å². The monoisotopic (exact) mass is 280 g/mol. The summed E-state index contributed by atoms with van der Waals surface area (Å²) in [5.74, 6) is -0.753. The van der Waals surface area contributed by atoms with E-state index in [1.54, 1.807) is 24.1 Å². The molecule has 1 heterocycles. The highest BCUT2D eigenvalue weighted by atomic mass is 32.1. The van der Waals surface area contributed by atoms with Gasteiger partial charge < -0.3 is 16.4 Å². The van der Waals surface area contributed by atoms with Gasteiger partial charge in [0, 0.05) is 13.6 Å². The SMILES string of the molecule is CN(Cc1ccc(F)cc1)c1snc(N)c1C(N)=O. The second kappa shape index (κ2) is 5.23. The number of primary amides is 1. The molecule has 0 bridgehead atoms. The fourth-order valence-electron chi connectivity index (χ4n) is 1.72. The van der Waals surface area contributed by atoms with Crippen LogP contribution in [0.1, 0.15) is 15.9 Å².